The zero-order chi connectivity index (χ0) is 28.8. The Morgan fingerprint density at radius 3 is 1.55 bits per heavy atom. The molecular formula is C37H49N. The van der Waals surface area contributed by atoms with Crippen molar-refractivity contribution in [1.29, 1.82) is 0 Å². The molecule has 1 heteroatoms. The van der Waals surface area contributed by atoms with Crippen LogP contribution < -0.4 is 0 Å². The Hall–Kier alpha value is -3.19. The van der Waals surface area contributed by atoms with Gasteiger partial charge in [-0.2, -0.15) is 0 Å². The molecule has 2 aromatic carbocycles. The molecule has 202 valence electrons. The van der Waals surface area contributed by atoms with Crippen molar-refractivity contribution in [2.75, 3.05) is 0 Å². The first-order valence-corrected chi connectivity index (χ1v) is 13.7. The molecule has 2 rings (SSSR count). The maximum Gasteiger partial charge on any atom is 0.0747 e. The van der Waals surface area contributed by atoms with E-state index in [-0.39, 0.29) is 10.8 Å². The molecule has 0 aliphatic heterocycles. The minimum absolute atomic E-state index is 0.137. The molecule has 0 heterocycles. The van der Waals surface area contributed by atoms with Crippen molar-refractivity contribution in [1.82, 2.24) is 0 Å². The average molecular weight is 508 g/mol. The Bertz CT molecular complexity index is 1310. The number of hydrogen-bond acceptors (Lipinski definition) is 1. The highest BCUT2D eigenvalue weighted by Crippen LogP contribution is 2.36. The number of benzene rings is 2. The molecule has 1 nitrogen and oxygen atoms in total. The fraction of sp³-hybridized carbons (Fsp3) is 0.378. The SMILES string of the molecule is C=C(C)/C(=N\c1c(/C(C)=C/C=C(\C)C(C)(C)C)ccc(/C(C)=C/C=C(\C)C(C)(C)C)c1C)c1ccccc1. The molecule has 0 saturated carbocycles. The van der Waals surface area contributed by atoms with Crippen molar-refractivity contribution in [2.45, 2.75) is 83.1 Å². The summed E-state index contributed by atoms with van der Waals surface area (Å²) in [5.41, 5.74) is 12.9. The van der Waals surface area contributed by atoms with Gasteiger partial charge in [-0.05, 0) is 80.2 Å². The Balaban J connectivity index is 2.82. The second-order valence-electron chi connectivity index (χ2n) is 12.6. The van der Waals surface area contributed by atoms with Crippen molar-refractivity contribution in [2.24, 2.45) is 15.8 Å². The molecule has 0 aliphatic carbocycles. The molecule has 0 unspecified atom stereocenters. The number of hydrogen-bond donors (Lipinski definition) is 0. The quantitative estimate of drug-likeness (QED) is 0.261. The van der Waals surface area contributed by atoms with Crippen LogP contribution in [0.4, 0.5) is 5.69 Å². The maximum absolute atomic E-state index is 5.32. The van der Waals surface area contributed by atoms with E-state index in [0.29, 0.717) is 0 Å². The van der Waals surface area contributed by atoms with E-state index in [9.17, 15) is 0 Å². The number of nitrogens with zero attached hydrogens (tertiary/aromatic N) is 1. The van der Waals surface area contributed by atoms with E-state index < -0.39 is 0 Å². The highest BCUT2D eigenvalue weighted by molar-refractivity contribution is 6.13. The molecule has 0 radical (unpaired) electrons. The van der Waals surface area contributed by atoms with Crippen LogP contribution in [0.5, 0.6) is 0 Å². The van der Waals surface area contributed by atoms with Crippen LogP contribution in [0.15, 0.2) is 95.1 Å². The third kappa shape index (κ3) is 8.15. The molecule has 0 amide bonds. The summed E-state index contributed by atoms with van der Waals surface area (Å²) < 4.78 is 0. The van der Waals surface area contributed by atoms with E-state index >= 15 is 0 Å². The second kappa shape index (κ2) is 12.6. The zero-order valence-corrected chi connectivity index (χ0v) is 26.0. The summed E-state index contributed by atoms with van der Waals surface area (Å²) in [4.78, 5) is 5.32. The first-order valence-electron chi connectivity index (χ1n) is 13.7. The van der Waals surface area contributed by atoms with Crippen LogP contribution in [-0.2, 0) is 0 Å². The van der Waals surface area contributed by atoms with Crippen molar-refractivity contribution in [3.05, 3.63) is 112 Å². The Morgan fingerprint density at radius 2 is 1.11 bits per heavy atom. The van der Waals surface area contributed by atoms with Crippen molar-refractivity contribution in [3.63, 3.8) is 0 Å². The van der Waals surface area contributed by atoms with Gasteiger partial charge in [0.05, 0.1) is 11.4 Å². The highest BCUT2D eigenvalue weighted by atomic mass is 14.8. The third-order valence-corrected chi connectivity index (χ3v) is 7.49. The molecule has 38 heavy (non-hydrogen) atoms. The fourth-order valence-corrected chi connectivity index (χ4v) is 3.88. The van der Waals surface area contributed by atoms with Gasteiger partial charge in [-0.3, -0.25) is 0 Å². The minimum atomic E-state index is 0.137. The minimum Gasteiger partial charge on any atom is -0.247 e. The van der Waals surface area contributed by atoms with Crippen LogP contribution in [0.1, 0.15) is 98.4 Å². The molecular weight excluding hydrogens is 458 g/mol. The molecule has 0 atom stereocenters. The van der Waals surface area contributed by atoms with E-state index in [4.69, 9.17) is 4.99 Å². The standard InChI is InChI=1S/C37H49N/c1-25(2)34(31-17-15-14-16-18-31)38-35-30(7)32(26(3)19-21-28(5)36(8,9)10)23-24-33(35)27(4)20-22-29(6)37(11,12)13/h14-24H,1H2,2-13H3/b26-19+,27-20+,28-21+,29-22+,38-34+. The summed E-state index contributed by atoms with van der Waals surface area (Å²) in [6.07, 6.45) is 8.97. The van der Waals surface area contributed by atoms with Gasteiger partial charge >= 0.3 is 0 Å². The molecule has 0 aliphatic rings. The molecule has 0 fully saturated rings. The third-order valence-electron chi connectivity index (χ3n) is 7.49. The van der Waals surface area contributed by atoms with Gasteiger partial charge in [0.15, 0.2) is 0 Å². The average Bonchev–Trinajstić information content (AvgIpc) is 2.83. The van der Waals surface area contributed by atoms with Gasteiger partial charge < -0.3 is 0 Å². The van der Waals surface area contributed by atoms with Crippen LogP contribution in [-0.4, -0.2) is 5.71 Å². The van der Waals surface area contributed by atoms with Crippen LogP contribution in [0, 0.1) is 17.8 Å². The monoisotopic (exact) mass is 507 g/mol. The molecule has 0 spiro atoms. The Kier molecular flexibility index (Phi) is 10.3. The maximum atomic E-state index is 5.32. The molecule has 0 bridgehead atoms. The lowest BCUT2D eigenvalue weighted by atomic mass is 9.86. The number of rotatable bonds is 7. The van der Waals surface area contributed by atoms with E-state index in [1.54, 1.807) is 0 Å². The van der Waals surface area contributed by atoms with Gasteiger partial charge in [-0.1, -0.05) is 126 Å². The van der Waals surface area contributed by atoms with E-state index in [1.807, 2.05) is 13.0 Å². The van der Waals surface area contributed by atoms with Crippen molar-refractivity contribution < 1.29 is 0 Å². The number of allylic oxidation sites excluding steroid dienone is 9. The zero-order valence-electron chi connectivity index (χ0n) is 26.0. The van der Waals surface area contributed by atoms with Crippen LogP contribution in [0.3, 0.4) is 0 Å². The van der Waals surface area contributed by atoms with Gasteiger partial charge in [0.25, 0.3) is 0 Å². The summed E-state index contributed by atoms with van der Waals surface area (Å²) in [7, 11) is 0. The predicted octanol–water partition coefficient (Wildman–Crippen LogP) is 11.5. The first-order chi connectivity index (χ1) is 17.5. The Labute approximate surface area is 233 Å². The van der Waals surface area contributed by atoms with Crippen LogP contribution in [0.25, 0.3) is 11.1 Å². The van der Waals surface area contributed by atoms with Crippen molar-refractivity contribution >= 4 is 22.5 Å². The second-order valence-corrected chi connectivity index (χ2v) is 12.6. The lowest BCUT2D eigenvalue weighted by molar-refractivity contribution is 0.504. The largest absolute Gasteiger partial charge is 0.247 e. The first kappa shape index (κ1) is 31.0. The summed E-state index contributed by atoms with van der Waals surface area (Å²) in [5, 5.41) is 0. The van der Waals surface area contributed by atoms with Crippen LogP contribution in [0.2, 0.25) is 0 Å². The summed E-state index contributed by atoms with van der Waals surface area (Å²) in [5.74, 6) is 0. The smallest absolute Gasteiger partial charge is 0.0747 e. The predicted molar refractivity (Wildman–Crippen MR) is 172 cm³/mol. The van der Waals surface area contributed by atoms with Gasteiger partial charge in [0.1, 0.15) is 0 Å². The number of aliphatic imine (C=N–C) groups is 1. The van der Waals surface area contributed by atoms with E-state index in [1.165, 1.54) is 33.4 Å². The van der Waals surface area contributed by atoms with Gasteiger partial charge in [0, 0.05) is 11.1 Å². The van der Waals surface area contributed by atoms with E-state index in [2.05, 4.69) is 143 Å². The molecule has 0 aromatic heterocycles. The molecule has 2 aromatic rings. The molecule has 0 saturated heterocycles. The van der Waals surface area contributed by atoms with E-state index in [0.717, 1.165) is 28.1 Å². The summed E-state index contributed by atoms with van der Waals surface area (Å²) >= 11 is 0. The van der Waals surface area contributed by atoms with Gasteiger partial charge in [-0.25, -0.2) is 4.99 Å². The van der Waals surface area contributed by atoms with Crippen LogP contribution >= 0.6 is 0 Å². The lowest BCUT2D eigenvalue weighted by Crippen LogP contribution is -2.06. The summed E-state index contributed by atoms with van der Waals surface area (Å²) in [6.45, 7) is 30.8. The fourth-order valence-electron chi connectivity index (χ4n) is 3.88. The highest BCUT2D eigenvalue weighted by Gasteiger charge is 2.16. The normalized spacial score (nSPS) is 14.7. The molecule has 0 N–H and O–H groups in total. The van der Waals surface area contributed by atoms with Gasteiger partial charge in [0.2, 0.25) is 0 Å². The summed E-state index contributed by atoms with van der Waals surface area (Å²) in [6, 6.07) is 14.8. The topological polar surface area (TPSA) is 12.4 Å². The lowest BCUT2D eigenvalue weighted by Gasteiger charge is -2.20. The Morgan fingerprint density at radius 1 is 0.658 bits per heavy atom. The van der Waals surface area contributed by atoms with Gasteiger partial charge in [-0.15, -0.1) is 0 Å². The van der Waals surface area contributed by atoms with Crippen molar-refractivity contribution in [3.8, 4) is 0 Å².